The largest absolute Gasteiger partial charge is 0.481 e. The SMILES string of the molecule is CC(=O)O.F.O.c1cc[nH]c1. The molecule has 0 aliphatic heterocycles. The molecule has 0 bridgehead atoms. The molecule has 0 radical (unpaired) electrons. The van der Waals surface area contributed by atoms with Crippen molar-refractivity contribution in [1.29, 1.82) is 0 Å². The summed E-state index contributed by atoms with van der Waals surface area (Å²) in [5.74, 6) is -0.833. The first-order valence-electron chi connectivity index (χ1n) is 2.51. The number of nitrogens with one attached hydrogen (secondary N) is 1. The van der Waals surface area contributed by atoms with Gasteiger partial charge in [-0.15, -0.1) is 0 Å². The average Bonchev–Trinajstić information content (AvgIpc) is 2.11. The number of carboxylic acid groups (broad SMARTS) is 1. The van der Waals surface area contributed by atoms with Gasteiger partial charge in [-0.05, 0) is 12.1 Å². The van der Waals surface area contributed by atoms with Gasteiger partial charge in [0.1, 0.15) is 0 Å². The van der Waals surface area contributed by atoms with Crippen LogP contribution in [0.1, 0.15) is 6.92 Å². The van der Waals surface area contributed by atoms with Crippen molar-refractivity contribution < 1.29 is 20.1 Å². The number of aromatic amines is 1. The molecule has 0 saturated carbocycles. The molecule has 0 fully saturated rings. The van der Waals surface area contributed by atoms with Gasteiger partial charge < -0.3 is 15.6 Å². The van der Waals surface area contributed by atoms with Gasteiger partial charge in [0.15, 0.2) is 0 Å². The van der Waals surface area contributed by atoms with Crippen LogP contribution in [-0.4, -0.2) is 21.5 Å². The maximum Gasteiger partial charge on any atom is 0.300 e. The highest BCUT2D eigenvalue weighted by Gasteiger charge is 1.65. The normalized spacial score (nSPS) is 5.91. The summed E-state index contributed by atoms with van der Waals surface area (Å²) in [5.41, 5.74) is 0. The first kappa shape index (κ1) is 16.3. The highest BCUT2D eigenvalue weighted by molar-refractivity contribution is 5.62. The Morgan fingerprint density at radius 2 is 1.64 bits per heavy atom. The van der Waals surface area contributed by atoms with Crippen LogP contribution < -0.4 is 0 Å². The summed E-state index contributed by atoms with van der Waals surface area (Å²) < 4.78 is 0. The number of halogens is 1. The van der Waals surface area contributed by atoms with Crippen LogP contribution in [0.2, 0.25) is 0 Å². The van der Waals surface area contributed by atoms with Gasteiger partial charge in [0.25, 0.3) is 5.97 Å². The summed E-state index contributed by atoms with van der Waals surface area (Å²) in [7, 11) is 0. The molecule has 0 atom stereocenters. The molecule has 5 heteroatoms. The van der Waals surface area contributed by atoms with E-state index in [1.54, 1.807) is 0 Å². The highest BCUT2D eigenvalue weighted by atomic mass is 19.0. The summed E-state index contributed by atoms with van der Waals surface area (Å²) in [6.45, 7) is 1.08. The summed E-state index contributed by atoms with van der Waals surface area (Å²) >= 11 is 0. The Hall–Kier alpha value is -1.36. The number of aromatic nitrogens is 1. The quantitative estimate of drug-likeness (QED) is 0.584. The number of hydrogen-bond acceptors (Lipinski definition) is 1. The van der Waals surface area contributed by atoms with Gasteiger partial charge in [-0.25, -0.2) is 0 Å². The predicted octanol–water partition coefficient (Wildman–Crippen LogP) is 0.433. The Labute approximate surface area is 63.5 Å². The van der Waals surface area contributed by atoms with E-state index in [1.807, 2.05) is 24.5 Å². The maximum atomic E-state index is 9.00. The Bertz CT molecular complexity index is 132. The van der Waals surface area contributed by atoms with E-state index in [4.69, 9.17) is 9.90 Å². The number of hydrogen-bond donors (Lipinski definition) is 2. The van der Waals surface area contributed by atoms with Gasteiger partial charge in [-0.1, -0.05) is 0 Å². The number of carboxylic acids is 1. The minimum Gasteiger partial charge on any atom is -0.481 e. The van der Waals surface area contributed by atoms with Crippen molar-refractivity contribution >= 4 is 5.97 Å². The zero-order valence-corrected chi connectivity index (χ0v) is 6.07. The van der Waals surface area contributed by atoms with Crippen LogP contribution in [0.15, 0.2) is 24.5 Å². The molecule has 0 unspecified atom stereocenters. The third kappa shape index (κ3) is 28.8. The average molecular weight is 165 g/mol. The number of H-pyrrole nitrogens is 1. The topological polar surface area (TPSA) is 84.6 Å². The van der Waals surface area contributed by atoms with E-state index in [0.717, 1.165) is 6.92 Å². The van der Waals surface area contributed by atoms with Crippen molar-refractivity contribution in [2.24, 2.45) is 0 Å². The summed E-state index contributed by atoms with van der Waals surface area (Å²) in [6.07, 6.45) is 3.75. The van der Waals surface area contributed by atoms with E-state index in [1.165, 1.54) is 0 Å². The third-order valence-corrected chi connectivity index (χ3v) is 0.496. The zero-order valence-electron chi connectivity index (χ0n) is 6.07. The van der Waals surface area contributed by atoms with Crippen LogP contribution in [0, 0.1) is 0 Å². The van der Waals surface area contributed by atoms with Gasteiger partial charge in [-0.3, -0.25) is 9.50 Å². The Morgan fingerprint density at radius 1 is 1.36 bits per heavy atom. The number of rotatable bonds is 0. The summed E-state index contributed by atoms with van der Waals surface area (Å²) in [4.78, 5) is 11.9. The molecule has 1 heterocycles. The highest BCUT2D eigenvalue weighted by Crippen LogP contribution is 1.72. The van der Waals surface area contributed by atoms with Gasteiger partial charge in [0.2, 0.25) is 0 Å². The van der Waals surface area contributed by atoms with E-state index in [-0.39, 0.29) is 10.2 Å². The smallest absolute Gasteiger partial charge is 0.300 e. The Morgan fingerprint density at radius 3 is 1.73 bits per heavy atom. The standard InChI is InChI=1S/C4H5N.C2H4O2.FH.H2O/c1-2-4-5-3-1;1-2(3)4;;/h1-5H;1H3,(H,3,4);1H;1H2. The van der Waals surface area contributed by atoms with Gasteiger partial charge in [0.05, 0.1) is 0 Å². The molecule has 0 aliphatic carbocycles. The molecule has 1 aromatic heterocycles. The molecular weight excluding hydrogens is 153 g/mol. The molecule has 1 rings (SSSR count). The van der Waals surface area contributed by atoms with Crippen molar-refractivity contribution in [1.82, 2.24) is 4.98 Å². The fourth-order valence-corrected chi connectivity index (χ4v) is 0.278. The Kier molecular flexibility index (Phi) is 17.0. The molecular formula is C6H12FNO3. The van der Waals surface area contributed by atoms with E-state index < -0.39 is 5.97 Å². The summed E-state index contributed by atoms with van der Waals surface area (Å²) in [5, 5.41) is 7.42. The first-order valence-corrected chi connectivity index (χ1v) is 2.51. The lowest BCUT2D eigenvalue weighted by molar-refractivity contribution is -0.134. The lowest BCUT2D eigenvalue weighted by Gasteiger charge is -1.59. The number of aliphatic carboxylic acids is 1. The van der Waals surface area contributed by atoms with Crippen molar-refractivity contribution in [3.63, 3.8) is 0 Å². The number of carbonyl (C=O) groups is 1. The van der Waals surface area contributed by atoms with Gasteiger partial charge in [0, 0.05) is 19.3 Å². The Balaban J connectivity index is -0.000000101. The van der Waals surface area contributed by atoms with Gasteiger partial charge in [-0.2, -0.15) is 0 Å². The van der Waals surface area contributed by atoms with E-state index in [0.29, 0.717) is 0 Å². The maximum absolute atomic E-state index is 9.00. The molecule has 0 amide bonds. The molecule has 0 aliphatic rings. The third-order valence-electron chi connectivity index (χ3n) is 0.496. The molecule has 11 heavy (non-hydrogen) atoms. The molecule has 0 spiro atoms. The molecule has 0 aromatic carbocycles. The monoisotopic (exact) mass is 165 g/mol. The van der Waals surface area contributed by atoms with E-state index in [2.05, 4.69) is 4.98 Å². The molecule has 4 nitrogen and oxygen atoms in total. The molecule has 4 N–H and O–H groups in total. The van der Waals surface area contributed by atoms with Crippen molar-refractivity contribution in [3.05, 3.63) is 24.5 Å². The van der Waals surface area contributed by atoms with Crippen LogP contribution in [0.25, 0.3) is 0 Å². The van der Waals surface area contributed by atoms with Crippen molar-refractivity contribution in [2.45, 2.75) is 6.92 Å². The predicted molar refractivity (Wildman–Crippen MR) is 40.2 cm³/mol. The van der Waals surface area contributed by atoms with Crippen LogP contribution in [-0.2, 0) is 4.79 Å². The van der Waals surface area contributed by atoms with E-state index >= 15 is 0 Å². The first-order chi connectivity index (χ1) is 4.23. The van der Waals surface area contributed by atoms with Gasteiger partial charge >= 0.3 is 0 Å². The lowest BCUT2D eigenvalue weighted by Crippen LogP contribution is -1.78. The van der Waals surface area contributed by atoms with Crippen LogP contribution in [0.3, 0.4) is 0 Å². The van der Waals surface area contributed by atoms with Crippen molar-refractivity contribution in [3.8, 4) is 0 Å². The van der Waals surface area contributed by atoms with Crippen LogP contribution in [0.4, 0.5) is 4.70 Å². The minimum atomic E-state index is -0.833. The second kappa shape index (κ2) is 11.4. The molecule has 66 valence electrons. The fourth-order valence-electron chi connectivity index (χ4n) is 0.278. The zero-order chi connectivity index (χ0) is 7.11. The van der Waals surface area contributed by atoms with Crippen LogP contribution >= 0.6 is 0 Å². The second-order valence-corrected chi connectivity index (χ2v) is 1.40. The summed E-state index contributed by atoms with van der Waals surface area (Å²) in [6, 6.07) is 3.89. The molecule has 0 saturated heterocycles. The van der Waals surface area contributed by atoms with E-state index in [9.17, 15) is 0 Å². The lowest BCUT2D eigenvalue weighted by atomic mass is 10.7. The molecule has 1 aromatic rings. The second-order valence-electron chi connectivity index (χ2n) is 1.40. The van der Waals surface area contributed by atoms with Crippen molar-refractivity contribution in [2.75, 3.05) is 0 Å². The van der Waals surface area contributed by atoms with Crippen LogP contribution in [0.5, 0.6) is 0 Å². The fraction of sp³-hybridized carbons (Fsp3) is 0.167. The minimum absolute atomic E-state index is 0.